The highest BCUT2D eigenvalue weighted by atomic mass is 15.1. The number of nitrogens with zero attached hydrogens (tertiary/aromatic N) is 2. The molecule has 0 N–H and O–H groups in total. The summed E-state index contributed by atoms with van der Waals surface area (Å²) in [6, 6.07) is 43.7. The van der Waals surface area contributed by atoms with Crippen molar-refractivity contribution in [3.05, 3.63) is 121 Å². The Balaban J connectivity index is 1.49. The van der Waals surface area contributed by atoms with E-state index < -0.39 is 0 Å². The molecule has 0 fully saturated rings. The molecule has 8 rings (SSSR count). The Morgan fingerprint density at radius 2 is 1.39 bits per heavy atom. The molecule has 2 nitrogen and oxygen atoms in total. The van der Waals surface area contributed by atoms with E-state index in [4.69, 9.17) is 0 Å². The Kier molecular flexibility index (Phi) is 3.85. The van der Waals surface area contributed by atoms with Crippen molar-refractivity contribution in [2.45, 2.75) is 0 Å². The highest BCUT2D eigenvalue weighted by Crippen LogP contribution is 2.42. The van der Waals surface area contributed by atoms with Gasteiger partial charge in [0.15, 0.2) is 0 Å². The minimum absolute atomic E-state index is 0.120. The van der Waals surface area contributed by atoms with E-state index in [9.17, 15) is 5.26 Å². The number of nitriles is 1. The summed E-state index contributed by atoms with van der Waals surface area (Å²) in [5, 5.41) is 14.5. The Morgan fingerprint density at radius 3 is 2.31 bits per heavy atom. The maximum atomic E-state index is 9.82. The van der Waals surface area contributed by atoms with Gasteiger partial charge in [-0.25, -0.2) is 0 Å². The van der Waals surface area contributed by atoms with Crippen LogP contribution >= 0.6 is 0 Å². The maximum absolute atomic E-state index is 9.82. The lowest BCUT2D eigenvalue weighted by molar-refractivity contribution is 1.30. The topological polar surface area (TPSA) is 27.0 Å². The number of hydrogen-bond donors (Lipinski definition) is 0. The van der Waals surface area contributed by atoms with Gasteiger partial charge < -0.3 is 4.90 Å². The van der Waals surface area contributed by atoms with E-state index in [1.807, 2.05) is 6.07 Å². The number of fused-ring (bicyclic) bond motifs is 5. The minimum atomic E-state index is 0.120. The summed E-state index contributed by atoms with van der Waals surface area (Å²) in [5.41, 5.74) is 10.7. The van der Waals surface area contributed by atoms with E-state index in [-0.39, 0.29) is 6.71 Å². The predicted molar refractivity (Wildman–Crippen MR) is 151 cm³/mol. The van der Waals surface area contributed by atoms with E-state index in [1.54, 1.807) is 0 Å². The molecule has 0 unspecified atom stereocenters. The Labute approximate surface area is 209 Å². The van der Waals surface area contributed by atoms with Crippen molar-refractivity contribution in [2.24, 2.45) is 0 Å². The molecule has 2 aliphatic rings. The van der Waals surface area contributed by atoms with Crippen LogP contribution in [0, 0.1) is 11.3 Å². The average Bonchev–Trinajstić information content (AvgIpc) is 2.94. The molecule has 164 valence electrons. The molecule has 0 bridgehead atoms. The molecule has 6 aromatic rings. The van der Waals surface area contributed by atoms with Crippen LogP contribution in [0.25, 0.3) is 32.7 Å². The van der Waals surface area contributed by atoms with Crippen LogP contribution in [0.4, 0.5) is 17.1 Å². The zero-order valence-corrected chi connectivity index (χ0v) is 19.4. The first-order chi connectivity index (χ1) is 17.8. The summed E-state index contributed by atoms with van der Waals surface area (Å²) in [4.78, 5) is 2.42. The van der Waals surface area contributed by atoms with Crippen molar-refractivity contribution in [3.8, 4) is 17.2 Å². The third-order valence-corrected chi connectivity index (χ3v) is 7.89. The molecular weight excluding hydrogens is 435 g/mol. The van der Waals surface area contributed by atoms with E-state index in [0.29, 0.717) is 0 Å². The van der Waals surface area contributed by atoms with Gasteiger partial charge in [-0.3, -0.25) is 0 Å². The quantitative estimate of drug-likeness (QED) is 0.279. The average molecular weight is 454 g/mol. The van der Waals surface area contributed by atoms with Gasteiger partial charge in [0, 0.05) is 17.1 Å². The van der Waals surface area contributed by atoms with E-state index >= 15 is 0 Å². The van der Waals surface area contributed by atoms with E-state index in [1.165, 1.54) is 55.0 Å². The van der Waals surface area contributed by atoms with Gasteiger partial charge >= 0.3 is 0 Å². The second-order valence-electron chi connectivity index (χ2n) is 9.64. The molecule has 0 saturated carbocycles. The van der Waals surface area contributed by atoms with E-state index in [0.717, 1.165) is 16.6 Å². The fourth-order valence-electron chi connectivity index (χ4n) is 6.42. The standard InChI is InChI=1S/C33H19BN2/c35-20-23-16-18-26-27-10-6-14-31-33(27)34(29-12-5-9-25(23)32(26)29)28-11-3-4-13-30(28)36(31)24-17-15-21-7-1-2-8-22(21)19-24/h1-19H. The Morgan fingerprint density at radius 1 is 0.611 bits per heavy atom. The Hall–Kier alpha value is -4.81. The van der Waals surface area contributed by atoms with Crippen LogP contribution in [-0.2, 0) is 0 Å². The summed E-state index contributed by atoms with van der Waals surface area (Å²) in [6.07, 6.45) is 0. The molecule has 0 amide bonds. The van der Waals surface area contributed by atoms with Crippen LogP contribution in [0.3, 0.4) is 0 Å². The maximum Gasteiger partial charge on any atom is 0.248 e. The van der Waals surface area contributed by atoms with Gasteiger partial charge in [-0.2, -0.15) is 5.26 Å². The molecule has 6 aromatic carbocycles. The van der Waals surface area contributed by atoms with Crippen LogP contribution in [0.1, 0.15) is 5.56 Å². The monoisotopic (exact) mass is 454 g/mol. The summed E-state index contributed by atoms with van der Waals surface area (Å²) in [5.74, 6) is 0. The molecule has 0 radical (unpaired) electrons. The lowest BCUT2D eigenvalue weighted by Crippen LogP contribution is -2.59. The fourth-order valence-corrected chi connectivity index (χ4v) is 6.42. The van der Waals surface area contributed by atoms with Gasteiger partial charge in [0.2, 0.25) is 6.71 Å². The van der Waals surface area contributed by atoms with Crippen molar-refractivity contribution < 1.29 is 0 Å². The zero-order chi connectivity index (χ0) is 23.8. The molecule has 0 spiro atoms. The van der Waals surface area contributed by atoms with E-state index in [2.05, 4.69) is 120 Å². The number of hydrogen-bond acceptors (Lipinski definition) is 2. The van der Waals surface area contributed by atoms with Crippen LogP contribution < -0.4 is 21.3 Å². The summed E-state index contributed by atoms with van der Waals surface area (Å²) >= 11 is 0. The molecule has 0 aliphatic carbocycles. The molecule has 3 heteroatoms. The molecule has 0 saturated heterocycles. The van der Waals surface area contributed by atoms with Crippen molar-refractivity contribution in [2.75, 3.05) is 4.90 Å². The van der Waals surface area contributed by atoms with Gasteiger partial charge in [-0.1, -0.05) is 90.4 Å². The summed E-state index contributed by atoms with van der Waals surface area (Å²) < 4.78 is 0. The first-order valence-corrected chi connectivity index (χ1v) is 12.3. The van der Waals surface area contributed by atoms with Crippen LogP contribution in [0.5, 0.6) is 0 Å². The summed E-state index contributed by atoms with van der Waals surface area (Å²) in [7, 11) is 0. The summed E-state index contributed by atoms with van der Waals surface area (Å²) in [6.45, 7) is 0.120. The number of benzene rings is 6. The highest BCUT2D eigenvalue weighted by molar-refractivity contribution is 7.01. The zero-order valence-electron chi connectivity index (χ0n) is 19.4. The third-order valence-electron chi connectivity index (χ3n) is 7.89. The third kappa shape index (κ3) is 2.46. The van der Waals surface area contributed by atoms with Gasteiger partial charge in [-0.05, 0) is 73.9 Å². The highest BCUT2D eigenvalue weighted by Gasteiger charge is 2.40. The fraction of sp³-hybridized carbons (Fsp3) is 0. The molecule has 2 heterocycles. The molecule has 0 aromatic heterocycles. The molecule has 0 atom stereocenters. The first-order valence-electron chi connectivity index (χ1n) is 12.3. The minimum Gasteiger partial charge on any atom is -0.311 e. The number of anilines is 3. The normalized spacial score (nSPS) is 12.9. The second-order valence-corrected chi connectivity index (χ2v) is 9.64. The lowest BCUT2D eigenvalue weighted by atomic mass is 9.32. The number of para-hydroxylation sites is 1. The largest absolute Gasteiger partial charge is 0.311 e. The smallest absolute Gasteiger partial charge is 0.248 e. The van der Waals surface area contributed by atoms with Gasteiger partial charge in [0.25, 0.3) is 0 Å². The lowest BCUT2D eigenvalue weighted by Gasteiger charge is -2.40. The molecule has 36 heavy (non-hydrogen) atoms. The molecule has 2 aliphatic heterocycles. The number of rotatable bonds is 1. The van der Waals surface area contributed by atoms with Crippen molar-refractivity contribution in [1.29, 1.82) is 5.26 Å². The second kappa shape index (κ2) is 7.10. The SMILES string of the molecule is N#Cc1ccc2c3c(cccc13)B1c3ccccc3N(c3ccc4ccccc4c3)c3cccc-2c31. The van der Waals surface area contributed by atoms with Crippen LogP contribution in [0.15, 0.2) is 115 Å². The van der Waals surface area contributed by atoms with Crippen molar-refractivity contribution in [1.82, 2.24) is 0 Å². The molecular formula is C33H19BN2. The Bertz CT molecular complexity index is 1930. The first kappa shape index (κ1) is 19.5. The van der Waals surface area contributed by atoms with Gasteiger partial charge in [-0.15, -0.1) is 0 Å². The van der Waals surface area contributed by atoms with Gasteiger partial charge in [0.1, 0.15) is 0 Å². The van der Waals surface area contributed by atoms with Crippen molar-refractivity contribution >= 4 is 61.7 Å². The predicted octanol–water partition coefficient (Wildman–Crippen LogP) is 6.14. The van der Waals surface area contributed by atoms with Gasteiger partial charge in [0.05, 0.1) is 11.6 Å². The van der Waals surface area contributed by atoms with Crippen molar-refractivity contribution in [3.63, 3.8) is 0 Å². The van der Waals surface area contributed by atoms with Crippen LogP contribution in [-0.4, -0.2) is 6.71 Å². The van der Waals surface area contributed by atoms with Crippen LogP contribution in [0.2, 0.25) is 0 Å².